The van der Waals surface area contributed by atoms with E-state index in [-0.39, 0.29) is 0 Å². The van der Waals surface area contributed by atoms with Gasteiger partial charge in [0.25, 0.3) is 0 Å². The summed E-state index contributed by atoms with van der Waals surface area (Å²) in [5, 5.41) is 14.7. The fourth-order valence-electron chi connectivity index (χ4n) is 3.17. The van der Waals surface area contributed by atoms with Crippen molar-refractivity contribution in [2.75, 3.05) is 18.0 Å². The molecule has 0 amide bonds. The summed E-state index contributed by atoms with van der Waals surface area (Å²) >= 11 is 0. The number of hydrogen-bond acceptors (Lipinski definition) is 4. The van der Waals surface area contributed by atoms with Gasteiger partial charge >= 0.3 is 0 Å². The van der Waals surface area contributed by atoms with E-state index in [0.717, 1.165) is 18.9 Å². The molecule has 1 atom stereocenters. The highest BCUT2D eigenvalue weighted by atomic mass is 15.3. The van der Waals surface area contributed by atoms with Crippen molar-refractivity contribution in [3.63, 3.8) is 0 Å². The molecule has 1 aliphatic carbocycles. The van der Waals surface area contributed by atoms with E-state index in [1.165, 1.54) is 36.5 Å². The Bertz CT molecular complexity index is 597. The molecule has 0 spiro atoms. The molecule has 4 nitrogen and oxygen atoms in total. The molecule has 0 bridgehead atoms. The highest BCUT2D eigenvalue weighted by Gasteiger charge is 2.33. The molecule has 1 unspecified atom stereocenters. The summed E-state index contributed by atoms with van der Waals surface area (Å²) in [6.45, 7) is 2.22. The minimum atomic E-state index is 0.608. The summed E-state index contributed by atoms with van der Waals surface area (Å²) in [7, 11) is 0. The average molecular weight is 268 g/mol. The molecule has 1 N–H and O–H groups in total. The fraction of sp³-hybridized carbons (Fsp3) is 0.500. The van der Waals surface area contributed by atoms with Crippen molar-refractivity contribution in [2.45, 2.75) is 37.8 Å². The molecule has 0 radical (unpaired) electrons. The first-order valence-corrected chi connectivity index (χ1v) is 7.62. The minimum Gasteiger partial charge on any atom is -0.350 e. The number of anilines is 1. The van der Waals surface area contributed by atoms with Crippen molar-refractivity contribution in [1.82, 2.24) is 15.5 Å². The lowest BCUT2D eigenvalue weighted by atomic mass is 10.1. The molecule has 2 aromatic rings. The number of hydrogen-bond donors (Lipinski definition) is 1. The molecule has 1 aliphatic heterocycles. The standard InChI is InChI=1S/C16H20N4/c1-2-6-15-12(4-1)10-18-19-16(15)20(14-7-8-14)11-13-5-3-9-17-13/h1-2,4,6,10,13-14,17H,3,5,7-9,11H2. The Morgan fingerprint density at radius 1 is 1.20 bits per heavy atom. The van der Waals surface area contributed by atoms with E-state index in [0.29, 0.717) is 12.1 Å². The second-order valence-corrected chi connectivity index (χ2v) is 5.93. The predicted molar refractivity (Wildman–Crippen MR) is 80.9 cm³/mol. The van der Waals surface area contributed by atoms with E-state index in [2.05, 4.69) is 44.7 Å². The van der Waals surface area contributed by atoms with Crippen LogP contribution < -0.4 is 10.2 Å². The summed E-state index contributed by atoms with van der Waals surface area (Å²) < 4.78 is 0. The number of nitrogens with zero attached hydrogens (tertiary/aromatic N) is 3. The van der Waals surface area contributed by atoms with Crippen LogP contribution in [0, 0.1) is 0 Å². The van der Waals surface area contributed by atoms with Crippen LogP contribution in [-0.4, -0.2) is 35.4 Å². The molecule has 4 heteroatoms. The van der Waals surface area contributed by atoms with Crippen LogP contribution in [0.15, 0.2) is 30.5 Å². The van der Waals surface area contributed by atoms with Crippen molar-refractivity contribution < 1.29 is 0 Å². The number of benzene rings is 1. The summed E-state index contributed by atoms with van der Waals surface area (Å²) in [5.41, 5.74) is 0. The third-order valence-corrected chi connectivity index (χ3v) is 4.39. The van der Waals surface area contributed by atoms with E-state index in [1.54, 1.807) is 0 Å². The molecule has 1 aromatic heterocycles. The number of rotatable bonds is 4. The zero-order valence-electron chi connectivity index (χ0n) is 11.6. The van der Waals surface area contributed by atoms with Gasteiger partial charge in [-0.25, -0.2) is 0 Å². The largest absolute Gasteiger partial charge is 0.350 e. The van der Waals surface area contributed by atoms with Crippen LogP contribution >= 0.6 is 0 Å². The maximum absolute atomic E-state index is 4.46. The monoisotopic (exact) mass is 268 g/mol. The second kappa shape index (κ2) is 5.02. The number of nitrogens with one attached hydrogen (secondary N) is 1. The Morgan fingerprint density at radius 2 is 2.10 bits per heavy atom. The molecule has 2 heterocycles. The highest BCUT2D eigenvalue weighted by Crippen LogP contribution is 2.34. The molecule has 2 fully saturated rings. The summed E-state index contributed by atoms with van der Waals surface area (Å²) in [6, 6.07) is 9.71. The molecule has 1 saturated carbocycles. The van der Waals surface area contributed by atoms with E-state index in [1.807, 2.05) is 6.20 Å². The summed E-state index contributed by atoms with van der Waals surface area (Å²) in [5.74, 6) is 1.07. The van der Waals surface area contributed by atoms with Gasteiger partial charge < -0.3 is 10.2 Å². The minimum absolute atomic E-state index is 0.608. The van der Waals surface area contributed by atoms with Crippen molar-refractivity contribution in [2.24, 2.45) is 0 Å². The molecule has 104 valence electrons. The maximum atomic E-state index is 4.46. The van der Waals surface area contributed by atoms with E-state index < -0.39 is 0 Å². The quantitative estimate of drug-likeness (QED) is 0.924. The van der Waals surface area contributed by atoms with Crippen LogP contribution in [0.5, 0.6) is 0 Å². The van der Waals surface area contributed by atoms with E-state index in [4.69, 9.17) is 0 Å². The Labute approximate surface area is 119 Å². The Balaban J connectivity index is 1.70. The Morgan fingerprint density at radius 3 is 2.90 bits per heavy atom. The predicted octanol–water partition coefficient (Wildman–Crippen LogP) is 2.35. The van der Waals surface area contributed by atoms with Crippen molar-refractivity contribution in [1.29, 1.82) is 0 Å². The van der Waals surface area contributed by atoms with Gasteiger partial charge in [-0.3, -0.25) is 0 Å². The van der Waals surface area contributed by atoms with Crippen molar-refractivity contribution >= 4 is 16.6 Å². The van der Waals surface area contributed by atoms with Gasteiger partial charge in [-0.05, 0) is 32.2 Å². The first kappa shape index (κ1) is 12.1. The molecular weight excluding hydrogens is 248 g/mol. The third-order valence-electron chi connectivity index (χ3n) is 4.39. The van der Waals surface area contributed by atoms with Gasteiger partial charge in [0.1, 0.15) is 0 Å². The lowest BCUT2D eigenvalue weighted by Gasteiger charge is -2.27. The molecular formula is C16H20N4. The van der Waals surface area contributed by atoms with Crippen LogP contribution in [0.4, 0.5) is 5.82 Å². The van der Waals surface area contributed by atoms with E-state index >= 15 is 0 Å². The third kappa shape index (κ3) is 2.24. The maximum Gasteiger partial charge on any atom is 0.159 e. The number of aromatic nitrogens is 2. The van der Waals surface area contributed by atoms with Crippen LogP contribution in [-0.2, 0) is 0 Å². The van der Waals surface area contributed by atoms with Gasteiger partial charge in [0.05, 0.1) is 6.20 Å². The zero-order valence-corrected chi connectivity index (χ0v) is 11.6. The van der Waals surface area contributed by atoms with Gasteiger partial charge in [-0.15, -0.1) is 5.10 Å². The van der Waals surface area contributed by atoms with E-state index in [9.17, 15) is 0 Å². The highest BCUT2D eigenvalue weighted by molar-refractivity contribution is 5.91. The zero-order chi connectivity index (χ0) is 13.4. The Hall–Kier alpha value is -1.68. The van der Waals surface area contributed by atoms with Crippen molar-refractivity contribution in [3.8, 4) is 0 Å². The van der Waals surface area contributed by atoms with Gasteiger partial charge in [-0.1, -0.05) is 24.3 Å². The normalized spacial score (nSPS) is 22.3. The topological polar surface area (TPSA) is 41.0 Å². The summed E-state index contributed by atoms with van der Waals surface area (Å²) in [6.07, 6.45) is 7.01. The fourth-order valence-corrected chi connectivity index (χ4v) is 3.17. The smallest absolute Gasteiger partial charge is 0.159 e. The SMILES string of the molecule is c1ccc2c(N(CC3CCCN3)C3CC3)nncc2c1. The first-order valence-electron chi connectivity index (χ1n) is 7.62. The van der Waals surface area contributed by atoms with Crippen LogP contribution in [0.3, 0.4) is 0 Å². The molecule has 20 heavy (non-hydrogen) atoms. The van der Waals surface area contributed by atoms with Crippen LogP contribution in [0.2, 0.25) is 0 Å². The lowest BCUT2D eigenvalue weighted by Crippen LogP contribution is -2.39. The molecule has 4 rings (SSSR count). The van der Waals surface area contributed by atoms with Crippen LogP contribution in [0.1, 0.15) is 25.7 Å². The molecule has 1 saturated heterocycles. The first-order chi connectivity index (χ1) is 9.92. The molecule has 2 aliphatic rings. The van der Waals surface area contributed by atoms with Crippen LogP contribution in [0.25, 0.3) is 10.8 Å². The lowest BCUT2D eigenvalue weighted by molar-refractivity contribution is 0.575. The van der Waals surface area contributed by atoms with Gasteiger partial charge in [0.2, 0.25) is 0 Å². The van der Waals surface area contributed by atoms with Gasteiger partial charge in [0.15, 0.2) is 5.82 Å². The van der Waals surface area contributed by atoms with Gasteiger partial charge in [0, 0.05) is 29.4 Å². The second-order valence-electron chi connectivity index (χ2n) is 5.93. The average Bonchev–Trinajstić information content (AvgIpc) is 3.21. The van der Waals surface area contributed by atoms with Gasteiger partial charge in [-0.2, -0.15) is 5.10 Å². The summed E-state index contributed by atoms with van der Waals surface area (Å²) in [4.78, 5) is 2.48. The Kier molecular flexibility index (Phi) is 3.03. The molecule has 1 aromatic carbocycles. The number of fused-ring (bicyclic) bond motifs is 1. The van der Waals surface area contributed by atoms with Crippen molar-refractivity contribution in [3.05, 3.63) is 30.5 Å².